The number of nitrogens with zero attached hydrogens (tertiary/aromatic N) is 2. The van der Waals surface area contributed by atoms with E-state index < -0.39 is 39.5 Å². The van der Waals surface area contributed by atoms with Crippen molar-refractivity contribution in [2.75, 3.05) is 18.0 Å². The molecule has 4 aromatic carbocycles. The van der Waals surface area contributed by atoms with Crippen LogP contribution in [0.25, 0.3) is 6.08 Å². The number of anilines is 1. The van der Waals surface area contributed by atoms with Gasteiger partial charge < -0.3 is 9.47 Å². The lowest BCUT2D eigenvalue weighted by atomic mass is 9.98. The lowest BCUT2D eigenvalue weighted by Gasteiger charge is -2.37. The van der Waals surface area contributed by atoms with Crippen molar-refractivity contribution in [2.24, 2.45) is 0 Å². The number of hydrogen-bond acceptors (Lipinski definition) is 6. The van der Waals surface area contributed by atoms with Gasteiger partial charge in [-0.25, -0.2) is 17.2 Å². The van der Waals surface area contributed by atoms with E-state index in [0.717, 1.165) is 27.4 Å². The Morgan fingerprint density at radius 3 is 2.27 bits per heavy atom. The van der Waals surface area contributed by atoms with E-state index in [1.807, 2.05) is 0 Å². The van der Waals surface area contributed by atoms with Crippen molar-refractivity contribution in [1.82, 2.24) is 4.90 Å². The maximum atomic E-state index is 14.4. The normalized spacial score (nSPS) is 15.9. The monoisotopic (exact) mass is 650 g/mol. The first-order valence-corrected chi connectivity index (χ1v) is 15.6. The van der Waals surface area contributed by atoms with Gasteiger partial charge in [-0.3, -0.25) is 18.8 Å². The number of carbonyl (C=O) groups excluding carboxylic acids is 2. The number of benzene rings is 4. The van der Waals surface area contributed by atoms with Crippen LogP contribution in [0.1, 0.15) is 38.8 Å². The number of amides is 2. The number of ether oxygens (including phenoxy) is 2. The van der Waals surface area contributed by atoms with Crippen molar-refractivity contribution >= 4 is 45.2 Å². The van der Waals surface area contributed by atoms with Crippen molar-refractivity contribution in [3.8, 4) is 11.5 Å². The van der Waals surface area contributed by atoms with E-state index in [0.29, 0.717) is 11.1 Å². The van der Waals surface area contributed by atoms with Gasteiger partial charge in [-0.2, -0.15) is 0 Å². The second-order valence-electron chi connectivity index (χ2n) is 10.4. The summed E-state index contributed by atoms with van der Waals surface area (Å²) in [5, 5.41) is 0.178. The second-order valence-corrected chi connectivity index (χ2v) is 12.7. The third kappa shape index (κ3) is 5.32. The van der Waals surface area contributed by atoms with Crippen LogP contribution in [-0.2, 0) is 16.6 Å². The summed E-state index contributed by atoms with van der Waals surface area (Å²) in [5.41, 5.74) is 1.80. The molecule has 0 spiro atoms. The zero-order chi connectivity index (χ0) is 32.0. The van der Waals surface area contributed by atoms with E-state index in [1.54, 1.807) is 49.4 Å². The van der Waals surface area contributed by atoms with Gasteiger partial charge >= 0.3 is 0 Å². The number of fused-ring (bicyclic) bond motifs is 2. The summed E-state index contributed by atoms with van der Waals surface area (Å²) in [6.45, 7) is 1.23. The summed E-state index contributed by atoms with van der Waals surface area (Å²) in [6.07, 6.45) is 1.72. The quantitative estimate of drug-likeness (QED) is 0.203. The van der Waals surface area contributed by atoms with Crippen LogP contribution in [0, 0.1) is 11.6 Å². The highest BCUT2D eigenvalue weighted by molar-refractivity contribution is 7.92. The largest absolute Gasteiger partial charge is 0.494 e. The minimum Gasteiger partial charge on any atom is -0.494 e. The summed E-state index contributed by atoms with van der Waals surface area (Å²) in [5.74, 6) is -2.29. The van der Waals surface area contributed by atoms with Crippen LogP contribution >= 0.6 is 11.6 Å². The van der Waals surface area contributed by atoms with Gasteiger partial charge in [-0.15, -0.1) is 0 Å². The number of imide groups is 1. The first-order chi connectivity index (χ1) is 21.5. The van der Waals surface area contributed by atoms with Crippen LogP contribution in [0.2, 0.25) is 5.02 Å². The molecule has 0 aromatic heterocycles. The molecule has 0 fully saturated rings. The number of sulfonamides is 1. The van der Waals surface area contributed by atoms with E-state index in [2.05, 4.69) is 0 Å². The number of carbonyl (C=O) groups is 2. The van der Waals surface area contributed by atoms with E-state index in [9.17, 15) is 26.8 Å². The number of halogens is 3. The lowest BCUT2D eigenvalue weighted by molar-refractivity contribution is 0.0667. The van der Waals surface area contributed by atoms with Gasteiger partial charge in [0.2, 0.25) is 0 Å². The third-order valence-electron chi connectivity index (χ3n) is 7.81. The Labute approximate surface area is 263 Å². The van der Waals surface area contributed by atoms with E-state index in [1.165, 1.54) is 31.4 Å². The average Bonchev–Trinajstić information content (AvgIpc) is 3.26. The van der Waals surface area contributed by atoms with Crippen molar-refractivity contribution < 1.29 is 36.3 Å². The Balaban J connectivity index is 1.41. The van der Waals surface area contributed by atoms with Gasteiger partial charge in [0.25, 0.3) is 21.8 Å². The Bertz CT molecular complexity index is 1960. The SMILES string of the molecule is COc1cc(S(=O)(=O)N2c3cc(OCc4c(F)cccc4Cl)ccc3C=C(CN3C(=O)c4ccccc4C3=O)[C@H]2C)ccc1F. The highest BCUT2D eigenvalue weighted by atomic mass is 35.5. The molecule has 12 heteroatoms. The van der Waals surface area contributed by atoms with Crippen LogP contribution in [0.15, 0.2) is 89.3 Å². The van der Waals surface area contributed by atoms with Crippen molar-refractivity contribution in [3.63, 3.8) is 0 Å². The molecular weight excluding hydrogens is 626 g/mol. The van der Waals surface area contributed by atoms with Gasteiger partial charge in [0.05, 0.1) is 46.4 Å². The highest BCUT2D eigenvalue weighted by Gasteiger charge is 2.40. The van der Waals surface area contributed by atoms with Crippen LogP contribution in [-0.4, -0.2) is 44.8 Å². The van der Waals surface area contributed by atoms with Crippen LogP contribution in [0.4, 0.5) is 14.5 Å². The highest BCUT2D eigenvalue weighted by Crippen LogP contribution is 2.41. The van der Waals surface area contributed by atoms with Crippen LogP contribution < -0.4 is 13.8 Å². The standard InChI is InChI=1S/C33H25ClF2N2O6S/c1-19-21(17-37-32(39)24-6-3-4-7-25(24)33(37)40)14-20-10-11-22(44-18-26-27(34)8-5-9-28(26)35)15-30(20)38(19)45(41,42)23-12-13-29(36)31(16-23)43-2/h3-16,19H,17-18H2,1-2H3/t19-/m1/s1. The van der Waals surface area contributed by atoms with Crippen LogP contribution in [0.3, 0.4) is 0 Å². The molecule has 6 rings (SSSR count). The Hall–Kier alpha value is -4.74. The first kappa shape index (κ1) is 30.3. The van der Waals surface area contributed by atoms with E-state index in [-0.39, 0.29) is 56.9 Å². The molecule has 1 atom stereocenters. The summed E-state index contributed by atoms with van der Waals surface area (Å²) in [7, 11) is -3.17. The molecule has 4 aromatic rings. The van der Waals surface area contributed by atoms with Gasteiger partial charge in [-0.1, -0.05) is 29.8 Å². The molecule has 2 amide bonds. The van der Waals surface area contributed by atoms with Gasteiger partial charge in [0, 0.05) is 17.7 Å². The Morgan fingerprint density at radius 1 is 0.889 bits per heavy atom. The zero-order valence-electron chi connectivity index (χ0n) is 24.0. The first-order valence-electron chi connectivity index (χ1n) is 13.7. The molecule has 0 N–H and O–H groups in total. The predicted molar refractivity (Wildman–Crippen MR) is 164 cm³/mol. The molecule has 45 heavy (non-hydrogen) atoms. The maximum absolute atomic E-state index is 14.4. The molecule has 8 nitrogen and oxygen atoms in total. The average molecular weight is 651 g/mol. The molecule has 0 saturated carbocycles. The molecule has 0 unspecified atom stereocenters. The van der Waals surface area contributed by atoms with Crippen molar-refractivity contribution in [1.29, 1.82) is 0 Å². The van der Waals surface area contributed by atoms with E-state index in [4.69, 9.17) is 21.1 Å². The minimum absolute atomic E-state index is 0.135. The number of methoxy groups -OCH3 is 1. The van der Waals surface area contributed by atoms with Crippen molar-refractivity contribution in [2.45, 2.75) is 24.5 Å². The lowest BCUT2D eigenvalue weighted by Crippen LogP contribution is -2.45. The van der Waals surface area contributed by atoms with Gasteiger partial charge in [0.15, 0.2) is 11.6 Å². The molecule has 0 aliphatic carbocycles. The fourth-order valence-electron chi connectivity index (χ4n) is 5.43. The molecular formula is C33H25ClF2N2O6S. The molecule has 2 aliphatic heterocycles. The molecule has 2 heterocycles. The molecule has 0 radical (unpaired) electrons. The van der Waals surface area contributed by atoms with Gasteiger partial charge in [0.1, 0.15) is 18.2 Å². The topological polar surface area (TPSA) is 93.2 Å². The summed E-state index contributed by atoms with van der Waals surface area (Å²) >= 11 is 6.15. The summed E-state index contributed by atoms with van der Waals surface area (Å²) < 4.78 is 69.2. The van der Waals surface area contributed by atoms with Crippen molar-refractivity contribution in [3.05, 3.63) is 123 Å². The fourth-order valence-corrected chi connectivity index (χ4v) is 7.34. The summed E-state index contributed by atoms with van der Waals surface area (Å²) in [6, 6.07) is 17.7. The molecule has 0 saturated heterocycles. The minimum atomic E-state index is -4.40. The predicted octanol–water partition coefficient (Wildman–Crippen LogP) is 6.48. The molecule has 2 aliphatic rings. The maximum Gasteiger partial charge on any atom is 0.265 e. The zero-order valence-corrected chi connectivity index (χ0v) is 25.5. The Kier molecular flexibility index (Phi) is 7.84. The smallest absolute Gasteiger partial charge is 0.265 e. The summed E-state index contributed by atoms with van der Waals surface area (Å²) in [4.78, 5) is 27.2. The number of hydrogen-bond donors (Lipinski definition) is 0. The fraction of sp³-hybridized carbons (Fsp3) is 0.152. The molecule has 230 valence electrons. The Morgan fingerprint density at radius 2 is 1.60 bits per heavy atom. The second kappa shape index (κ2) is 11.6. The van der Waals surface area contributed by atoms with Crippen LogP contribution in [0.5, 0.6) is 11.5 Å². The van der Waals surface area contributed by atoms with Gasteiger partial charge in [-0.05, 0) is 72.7 Å². The molecule has 0 bridgehead atoms. The van der Waals surface area contributed by atoms with E-state index >= 15 is 0 Å². The third-order valence-corrected chi connectivity index (χ3v) is 10.0. The number of rotatable bonds is 8.